The standard InChI is InChI=1S/C14H18BrNO/c15-12-9-10(13-5-2-8-16-13)6-7-14(12)17-11-3-1-4-11/h6-7,9,11,13,16H,1-5,8H2. The molecule has 1 atom stereocenters. The molecule has 0 aromatic heterocycles. The lowest BCUT2D eigenvalue weighted by atomic mass is 9.96. The van der Waals surface area contributed by atoms with E-state index in [0.717, 1.165) is 16.8 Å². The Bertz CT molecular complexity index is 397. The fraction of sp³-hybridized carbons (Fsp3) is 0.571. The van der Waals surface area contributed by atoms with Gasteiger partial charge in [-0.2, -0.15) is 0 Å². The van der Waals surface area contributed by atoms with Crippen LogP contribution in [0.2, 0.25) is 0 Å². The molecule has 1 aliphatic carbocycles. The van der Waals surface area contributed by atoms with Crippen molar-refractivity contribution in [2.45, 2.75) is 44.2 Å². The van der Waals surface area contributed by atoms with Gasteiger partial charge in [0.1, 0.15) is 5.75 Å². The lowest BCUT2D eigenvalue weighted by molar-refractivity contribution is 0.119. The average molecular weight is 296 g/mol. The van der Waals surface area contributed by atoms with Crippen molar-refractivity contribution >= 4 is 15.9 Å². The molecule has 92 valence electrons. The summed E-state index contributed by atoms with van der Waals surface area (Å²) in [5, 5.41) is 3.52. The van der Waals surface area contributed by atoms with Crippen LogP contribution in [0, 0.1) is 0 Å². The topological polar surface area (TPSA) is 21.3 Å². The quantitative estimate of drug-likeness (QED) is 0.916. The van der Waals surface area contributed by atoms with Gasteiger partial charge in [0.25, 0.3) is 0 Å². The van der Waals surface area contributed by atoms with Crippen LogP contribution in [0.25, 0.3) is 0 Å². The van der Waals surface area contributed by atoms with Crippen molar-refractivity contribution in [1.29, 1.82) is 0 Å². The van der Waals surface area contributed by atoms with E-state index < -0.39 is 0 Å². The van der Waals surface area contributed by atoms with Crippen LogP contribution in [-0.4, -0.2) is 12.6 Å². The van der Waals surface area contributed by atoms with E-state index in [1.54, 1.807) is 0 Å². The molecule has 1 aromatic carbocycles. The van der Waals surface area contributed by atoms with Crippen molar-refractivity contribution in [1.82, 2.24) is 5.32 Å². The molecular formula is C14H18BrNO. The molecule has 17 heavy (non-hydrogen) atoms. The number of rotatable bonds is 3. The van der Waals surface area contributed by atoms with Crippen LogP contribution >= 0.6 is 15.9 Å². The minimum absolute atomic E-state index is 0.446. The Morgan fingerprint density at radius 2 is 2.06 bits per heavy atom. The Morgan fingerprint density at radius 1 is 1.18 bits per heavy atom. The summed E-state index contributed by atoms with van der Waals surface area (Å²) in [6.45, 7) is 1.14. The van der Waals surface area contributed by atoms with Gasteiger partial charge in [-0.1, -0.05) is 6.07 Å². The Labute approximate surface area is 111 Å². The van der Waals surface area contributed by atoms with Crippen LogP contribution in [0.1, 0.15) is 43.7 Å². The van der Waals surface area contributed by atoms with Crippen molar-refractivity contribution in [2.24, 2.45) is 0 Å². The van der Waals surface area contributed by atoms with E-state index in [1.807, 2.05) is 0 Å². The Hall–Kier alpha value is -0.540. The number of halogens is 1. The van der Waals surface area contributed by atoms with Crippen LogP contribution in [0.3, 0.4) is 0 Å². The SMILES string of the molecule is Brc1cc(C2CCCN2)ccc1OC1CCC1. The van der Waals surface area contributed by atoms with E-state index in [1.165, 1.54) is 37.7 Å². The van der Waals surface area contributed by atoms with E-state index in [-0.39, 0.29) is 0 Å². The molecule has 0 spiro atoms. The highest BCUT2D eigenvalue weighted by molar-refractivity contribution is 9.10. The van der Waals surface area contributed by atoms with E-state index in [4.69, 9.17) is 4.74 Å². The third kappa shape index (κ3) is 2.50. The lowest BCUT2D eigenvalue weighted by Gasteiger charge is -2.27. The summed E-state index contributed by atoms with van der Waals surface area (Å²) in [5.41, 5.74) is 1.37. The summed E-state index contributed by atoms with van der Waals surface area (Å²) in [4.78, 5) is 0. The summed E-state index contributed by atoms with van der Waals surface area (Å²) in [5.74, 6) is 0.997. The van der Waals surface area contributed by atoms with Gasteiger partial charge in [-0.15, -0.1) is 0 Å². The second-order valence-corrected chi connectivity index (χ2v) is 5.86. The van der Waals surface area contributed by atoms with Gasteiger partial charge in [0, 0.05) is 6.04 Å². The number of hydrogen-bond acceptors (Lipinski definition) is 2. The molecule has 0 amide bonds. The molecule has 1 N–H and O–H groups in total. The minimum Gasteiger partial charge on any atom is -0.489 e. The van der Waals surface area contributed by atoms with E-state index in [2.05, 4.69) is 39.4 Å². The molecule has 1 unspecified atom stereocenters. The third-order valence-electron chi connectivity index (χ3n) is 3.76. The van der Waals surface area contributed by atoms with Crippen LogP contribution in [0.4, 0.5) is 0 Å². The first-order valence-electron chi connectivity index (χ1n) is 6.52. The molecule has 2 nitrogen and oxygen atoms in total. The molecule has 1 aliphatic heterocycles. The van der Waals surface area contributed by atoms with Gasteiger partial charge in [0.15, 0.2) is 0 Å². The molecule has 2 fully saturated rings. The molecule has 1 saturated carbocycles. The van der Waals surface area contributed by atoms with E-state index in [9.17, 15) is 0 Å². The van der Waals surface area contributed by atoms with E-state index >= 15 is 0 Å². The second-order valence-electron chi connectivity index (χ2n) is 5.01. The Kier molecular flexibility index (Phi) is 3.39. The second kappa shape index (κ2) is 4.99. The lowest BCUT2D eigenvalue weighted by Crippen LogP contribution is -2.24. The molecule has 3 rings (SSSR count). The molecule has 3 heteroatoms. The van der Waals surface area contributed by atoms with Gasteiger partial charge in [-0.05, 0) is 72.3 Å². The summed E-state index contributed by atoms with van der Waals surface area (Å²) < 4.78 is 7.02. The first-order chi connectivity index (χ1) is 8.33. The van der Waals surface area contributed by atoms with Gasteiger partial charge >= 0.3 is 0 Å². The first kappa shape index (κ1) is 11.5. The van der Waals surface area contributed by atoms with Gasteiger partial charge in [-0.3, -0.25) is 0 Å². The largest absolute Gasteiger partial charge is 0.489 e. The molecule has 0 bridgehead atoms. The fourth-order valence-electron chi connectivity index (χ4n) is 2.47. The zero-order chi connectivity index (χ0) is 11.7. The van der Waals surface area contributed by atoms with Crippen molar-refractivity contribution in [3.05, 3.63) is 28.2 Å². The molecule has 1 saturated heterocycles. The zero-order valence-electron chi connectivity index (χ0n) is 9.92. The van der Waals surface area contributed by atoms with Crippen LogP contribution < -0.4 is 10.1 Å². The van der Waals surface area contributed by atoms with E-state index in [0.29, 0.717) is 12.1 Å². The predicted octanol–water partition coefficient (Wildman–Crippen LogP) is 3.80. The van der Waals surface area contributed by atoms with Gasteiger partial charge in [0.2, 0.25) is 0 Å². The van der Waals surface area contributed by atoms with Crippen LogP contribution in [-0.2, 0) is 0 Å². The van der Waals surface area contributed by atoms with Crippen molar-refractivity contribution < 1.29 is 4.74 Å². The maximum absolute atomic E-state index is 5.93. The molecule has 1 aromatic rings. The first-order valence-corrected chi connectivity index (χ1v) is 7.32. The highest BCUT2D eigenvalue weighted by Gasteiger charge is 2.21. The van der Waals surface area contributed by atoms with Crippen LogP contribution in [0.5, 0.6) is 5.75 Å². The monoisotopic (exact) mass is 295 g/mol. The van der Waals surface area contributed by atoms with Gasteiger partial charge < -0.3 is 10.1 Å². The maximum Gasteiger partial charge on any atom is 0.133 e. The third-order valence-corrected chi connectivity index (χ3v) is 4.38. The van der Waals surface area contributed by atoms with Crippen LogP contribution in [0.15, 0.2) is 22.7 Å². The smallest absolute Gasteiger partial charge is 0.133 e. The molecule has 1 heterocycles. The zero-order valence-corrected chi connectivity index (χ0v) is 11.5. The summed E-state index contributed by atoms with van der Waals surface area (Å²) in [7, 11) is 0. The number of nitrogens with one attached hydrogen (secondary N) is 1. The number of hydrogen-bond donors (Lipinski definition) is 1. The normalized spacial score (nSPS) is 24.6. The minimum atomic E-state index is 0.446. The number of benzene rings is 1. The molecular weight excluding hydrogens is 278 g/mol. The Balaban J connectivity index is 1.73. The average Bonchev–Trinajstić information content (AvgIpc) is 2.78. The Morgan fingerprint density at radius 3 is 2.65 bits per heavy atom. The van der Waals surface area contributed by atoms with Crippen molar-refractivity contribution in [3.8, 4) is 5.75 Å². The summed E-state index contributed by atoms with van der Waals surface area (Å²) in [6.07, 6.45) is 6.70. The van der Waals surface area contributed by atoms with Gasteiger partial charge in [-0.25, -0.2) is 0 Å². The summed E-state index contributed by atoms with van der Waals surface area (Å²) >= 11 is 3.62. The predicted molar refractivity (Wildman–Crippen MR) is 72.4 cm³/mol. The number of ether oxygens (including phenoxy) is 1. The molecule has 0 radical (unpaired) electrons. The highest BCUT2D eigenvalue weighted by Crippen LogP contribution is 2.34. The fourth-order valence-corrected chi connectivity index (χ4v) is 2.96. The maximum atomic E-state index is 5.93. The summed E-state index contributed by atoms with van der Waals surface area (Å²) in [6, 6.07) is 7.04. The van der Waals surface area contributed by atoms with Gasteiger partial charge in [0.05, 0.1) is 10.6 Å². The van der Waals surface area contributed by atoms with Crippen molar-refractivity contribution in [2.75, 3.05) is 6.54 Å². The molecule has 2 aliphatic rings. The highest BCUT2D eigenvalue weighted by atomic mass is 79.9. The van der Waals surface area contributed by atoms with Crippen molar-refractivity contribution in [3.63, 3.8) is 0 Å².